The summed E-state index contributed by atoms with van der Waals surface area (Å²) in [6.07, 6.45) is 6.68. The lowest BCUT2D eigenvalue weighted by molar-refractivity contribution is -0.137. The Morgan fingerprint density at radius 2 is 2.38 bits per heavy atom. The predicted molar refractivity (Wildman–Crippen MR) is 79.7 cm³/mol. The van der Waals surface area contributed by atoms with Gasteiger partial charge in [-0.2, -0.15) is 4.98 Å². The molecule has 0 saturated carbocycles. The van der Waals surface area contributed by atoms with Crippen molar-refractivity contribution in [3.63, 3.8) is 0 Å². The van der Waals surface area contributed by atoms with Crippen LogP contribution in [0.2, 0.25) is 0 Å². The van der Waals surface area contributed by atoms with E-state index in [1.807, 2.05) is 0 Å². The summed E-state index contributed by atoms with van der Waals surface area (Å²) in [5.74, 6) is 0.490. The number of carbonyl (C=O) groups is 1. The number of hydrogen-bond donors (Lipinski definition) is 1. The molecule has 0 aromatic carbocycles. The van der Waals surface area contributed by atoms with Gasteiger partial charge >= 0.3 is 5.97 Å². The number of anilines is 1. The molecule has 6 nitrogen and oxygen atoms in total. The molecule has 1 saturated heterocycles. The highest BCUT2D eigenvalue weighted by Crippen LogP contribution is 2.25. The molecular formula is C15H23N3O3. The van der Waals surface area contributed by atoms with E-state index in [1.165, 1.54) is 0 Å². The van der Waals surface area contributed by atoms with E-state index in [2.05, 4.69) is 21.8 Å². The maximum Gasteiger partial charge on any atom is 0.303 e. The molecule has 0 radical (unpaired) electrons. The van der Waals surface area contributed by atoms with Crippen LogP contribution in [-0.4, -0.2) is 40.2 Å². The summed E-state index contributed by atoms with van der Waals surface area (Å²) in [6.45, 7) is 3.56. The molecule has 1 N–H and O–H groups in total. The monoisotopic (exact) mass is 293 g/mol. The Labute approximate surface area is 125 Å². The van der Waals surface area contributed by atoms with Crippen LogP contribution in [0.15, 0.2) is 12.3 Å². The highest BCUT2D eigenvalue weighted by molar-refractivity contribution is 5.66. The lowest BCUT2D eigenvalue weighted by atomic mass is 9.98. The van der Waals surface area contributed by atoms with E-state index in [4.69, 9.17) is 9.84 Å². The van der Waals surface area contributed by atoms with Gasteiger partial charge in [0.25, 0.3) is 0 Å². The van der Waals surface area contributed by atoms with Gasteiger partial charge < -0.3 is 14.7 Å². The van der Waals surface area contributed by atoms with Crippen molar-refractivity contribution in [2.75, 3.05) is 18.1 Å². The number of carboxylic acid groups (broad SMARTS) is 1. The summed E-state index contributed by atoms with van der Waals surface area (Å²) in [6, 6.07) is 1.96. The minimum Gasteiger partial charge on any atom is -0.481 e. The zero-order valence-electron chi connectivity index (χ0n) is 12.5. The first kappa shape index (κ1) is 15.5. The molecule has 21 heavy (non-hydrogen) atoms. The fourth-order valence-electron chi connectivity index (χ4n) is 2.61. The van der Waals surface area contributed by atoms with Gasteiger partial charge in [-0.15, -0.1) is 0 Å². The topological polar surface area (TPSA) is 75.5 Å². The van der Waals surface area contributed by atoms with Crippen molar-refractivity contribution in [2.45, 2.75) is 51.5 Å². The molecule has 116 valence electrons. The third-order valence-electron chi connectivity index (χ3n) is 3.65. The molecule has 1 atom stereocenters. The summed E-state index contributed by atoms with van der Waals surface area (Å²) < 4.78 is 5.55. The number of ether oxygens (including phenoxy) is 1. The number of nitrogens with zero attached hydrogens (tertiary/aromatic N) is 3. The van der Waals surface area contributed by atoms with Crippen molar-refractivity contribution >= 4 is 11.9 Å². The van der Waals surface area contributed by atoms with Crippen LogP contribution >= 0.6 is 0 Å². The second-order valence-electron chi connectivity index (χ2n) is 5.32. The molecule has 1 aliphatic heterocycles. The lowest BCUT2D eigenvalue weighted by Crippen LogP contribution is -2.41. The van der Waals surface area contributed by atoms with Gasteiger partial charge in [-0.25, -0.2) is 4.98 Å². The van der Waals surface area contributed by atoms with Crippen molar-refractivity contribution in [3.05, 3.63) is 12.3 Å². The number of rotatable bonds is 7. The van der Waals surface area contributed by atoms with Crippen LogP contribution in [0.1, 0.15) is 45.4 Å². The Bertz CT molecular complexity index is 467. The summed E-state index contributed by atoms with van der Waals surface area (Å²) in [4.78, 5) is 21.7. The second-order valence-corrected chi connectivity index (χ2v) is 5.32. The van der Waals surface area contributed by atoms with Gasteiger partial charge in [0.15, 0.2) is 0 Å². The third kappa shape index (κ3) is 4.58. The molecule has 2 heterocycles. The number of hydrogen-bond acceptors (Lipinski definition) is 5. The van der Waals surface area contributed by atoms with Crippen LogP contribution in [0.4, 0.5) is 5.95 Å². The highest BCUT2D eigenvalue weighted by Gasteiger charge is 2.25. The Hall–Kier alpha value is -1.85. The van der Waals surface area contributed by atoms with Crippen LogP contribution in [0.25, 0.3) is 0 Å². The molecular weight excluding hydrogens is 270 g/mol. The Balaban J connectivity index is 2.07. The molecule has 6 heteroatoms. The van der Waals surface area contributed by atoms with E-state index in [1.54, 1.807) is 12.3 Å². The first-order chi connectivity index (χ1) is 10.2. The molecule has 1 aromatic heterocycles. The Morgan fingerprint density at radius 3 is 3.14 bits per heavy atom. The molecule has 1 aromatic rings. The maximum atomic E-state index is 10.8. The third-order valence-corrected chi connectivity index (χ3v) is 3.65. The molecule has 0 aliphatic carbocycles. The van der Waals surface area contributed by atoms with E-state index >= 15 is 0 Å². The molecule has 0 amide bonds. The summed E-state index contributed by atoms with van der Waals surface area (Å²) in [7, 11) is 0. The first-order valence-corrected chi connectivity index (χ1v) is 7.65. The average Bonchev–Trinajstić information content (AvgIpc) is 2.51. The Morgan fingerprint density at radius 1 is 1.52 bits per heavy atom. The smallest absolute Gasteiger partial charge is 0.303 e. The van der Waals surface area contributed by atoms with Gasteiger partial charge in [-0.05, 0) is 32.1 Å². The number of piperidine rings is 1. The minimum atomic E-state index is -0.749. The number of aliphatic carboxylic acids is 1. The van der Waals surface area contributed by atoms with Crippen molar-refractivity contribution < 1.29 is 14.6 Å². The van der Waals surface area contributed by atoms with E-state index in [0.717, 1.165) is 32.2 Å². The molecule has 1 fully saturated rings. The van der Waals surface area contributed by atoms with Crippen LogP contribution in [0, 0.1) is 0 Å². The van der Waals surface area contributed by atoms with Crippen LogP contribution in [0.3, 0.4) is 0 Å². The van der Waals surface area contributed by atoms with E-state index < -0.39 is 5.97 Å². The molecule has 1 aliphatic rings. The summed E-state index contributed by atoms with van der Waals surface area (Å²) in [5.41, 5.74) is 0. The fourth-order valence-corrected chi connectivity index (χ4v) is 2.61. The van der Waals surface area contributed by atoms with Crippen LogP contribution in [-0.2, 0) is 4.79 Å². The SMILES string of the molecule is CCCOc1ccnc(N2CCCCC2CCC(=O)O)n1. The molecule has 2 rings (SSSR count). The average molecular weight is 293 g/mol. The van der Waals surface area contributed by atoms with Crippen LogP contribution < -0.4 is 9.64 Å². The number of carboxylic acids is 1. The fraction of sp³-hybridized carbons (Fsp3) is 0.667. The van der Waals surface area contributed by atoms with Gasteiger partial charge in [0.05, 0.1) is 6.61 Å². The predicted octanol–water partition coefficient (Wildman–Crippen LogP) is 2.49. The van der Waals surface area contributed by atoms with Crippen molar-refractivity contribution in [3.8, 4) is 5.88 Å². The van der Waals surface area contributed by atoms with Crippen molar-refractivity contribution in [1.29, 1.82) is 0 Å². The Kier molecular flexibility index (Phi) is 5.78. The maximum absolute atomic E-state index is 10.8. The van der Waals surface area contributed by atoms with Gasteiger partial charge in [0.2, 0.25) is 11.8 Å². The van der Waals surface area contributed by atoms with Crippen molar-refractivity contribution in [1.82, 2.24) is 9.97 Å². The highest BCUT2D eigenvalue weighted by atomic mass is 16.5. The summed E-state index contributed by atoms with van der Waals surface area (Å²) >= 11 is 0. The zero-order chi connectivity index (χ0) is 15.1. The van der Waals surface area contributed by atoms with E-state index in [-0.39, 0.29) is 12.5 Å². The van der Waals surface area contributed by atoms with Crippen molar-refractivity contribution in [2.24, 2.45) is 0 Å². The van der Waals surface area contributed by atoms with Gasteiger partial charge in [-0.1, -0.05) is 6.92 Å². The largest absolute Gasteiger partial charge is 0.481 e. The van der Waals surface area contributed by atoms with Crippen LogP contribution in [0.5, 0.6) is 5.88 Å². The summed E-state index contributed by atoms with van der Waals surface area (Å²) in [5, 5.41) is 8.87. The quantitative estimate of drug-likeness (QED) is 0.832. The minimum absolute atomic E-state index is 0.188. The van der Waals surface area contributed by atoms with E-state index in [9.17, 15) is 4.79 Å². The first-order valence-electron chi connectivity index (χ1n) is 7.65. The molecule has 0 bridgehead atoms. The van der Waals surface area contributed by atoms with Gasteiger partial charge in [-0.3, -0.25) is 4.79 Å². The lowest BCUT2D eigenvalue weighted by Gasteiger charge is -2.35. The molecule has 1 unspecified atom stereocenters. The number of aromatic nitrogens is 2. The normalized spacial score (nSPS) is 18.5. The van der Waals surface area contributed by atoms with E-state index in [0.29, 0.717) is 24.9 Å². The zero-order valence-corrected chi connectivity index (χ0v) is 12.5. The second kappa shape index (κ2) is 7.81. The molecule has 0 spiro atoms. The standard InChI is InChI=1S/C15H23N3O3/c1-2-11-21-13-8-9-16-15(17-13)18-10-4-3-5-12(18)6-7-14(19)20/h8-9,12H,2-7,10-11H2,1H3,(H,19,20). The van der Waals surface area contributed by atoms with Gasteiger partial charge in [0, 0.05) is 31.3 Å². The van der Waals surface area contributed by atoms with Gasteiger partial charge in [0.1, 0.15) is 0 Å².